The van der Waals surface area contributed by atoms with Crippen molar-refractivity contribution in [3.05, 3.63) is 30.0 Å². The Morgan fingerprint density at radius 3 is 2.82 bits per heavy atom. The number of fused-ring (bicyclic) bond motifs is 1. The van der Waals surface area contributed by atoms with Gasteiger partial charge in [-0.25, -0.2) is 0 Å². The molecule has 1 N–H and O–H groups in total. The van der Waals surface area contributed by atoms with Crippen molar-refractivity contribution in [2.75, 3.05) is 7.05 Å². The molecule has 0 radical (unpaired) electrons. The molecule has 92 valence electrons. The van der Waals surface area contributed by atoms with Crippen LogP contribution in [-0.2, 0) is 13.0 Å². The van der Waals surface area contributed by atoms with Crippen LogP contribution in [0.5, 0.6) is 0 Å². The molecule has 0 saturated carbocycles. The van der Waals surface area contributed by atoms with Gasteiger partial charge in [-0.15, -0.1) is 0 Å². The molecule has 0 fully saturated rings. The van der Waals surface area contributed by atoms with E-state index in [1.165, 1.54) is 16.6 Å². The van der Waals surface area contributed by atoms with Crippen molar-refractivity contribution < 1.29 is 0 Å². The average Bonchev–Trinajstić information content (AvgIpc) is 2.74. The third-order valence-corrected chi connectivity index (χ3v) is 3.34. The summed E-state index contributed by atoms with van der Waals surface area (Å²) in [4.78, 5) is 0. The van der Waals surface area contributed by atoms with Gasteiger partial charge in [0.1, 0.15) is 0 Å². The number of para-hydroxylation sites is 1. The summed E-state index contributed by atoms with van der Waals surface area (Å²) in [6.07, 6.45) is 2.16. The Morgan fingerprint density at radius 1 is 1.35 bits per heavy atom. The lowest BCUT2D eigenvalue weighted by Gasteiger charge is -2.07. The van der Waals surface area contributed by atoms with Crippen LogP contribution in [0.15, 0.2) is 24.3 Å². The lowest BCUT2D eigenvalue weighted by Crippen LogP contribution is -2.21. The van der Waals surface area contributed by atoms with Crippen molar-refractivity contribution in [3.8, 4) is 0 Å². The maximum absolute atomic E-state index is 4.70. The Kier molecular flexibility index (Phi) is 3.79. The second-order valence-corrected chi connectivity index (χ2v) is 4.51. The fourth-order valence-corrected chi connectivity index (χ4v) is 2.12. The molecule has 3 nitrogen and oxygen atoms in total. The van der Waals surface area contributed by atoms with E-state index in [1.54, 1.807) is 0 Å². The van der Waals surface area contributed by atoms with Crippen LogP contribution in [-0.4, -0.2) is 22.9 Å². The van der Waals surface area contributed by atoms with Gasteiger partial charge in [-0.2, -0.15) is 5.10 Å². The van der Waals surface area contributed by atoms with Gasteiger partial charge in [0.05, 0.1) is 11.2 Å². The average molecular weight is 231 g/mol. The minimum Gasteiger partial charge on any atom is -0.317 e. The zero-order chi connectivity index (χ0) is 12.3. The van der Waals surface area contributed by atoms with Gasteiger partial charge in [0.15, 0.2) is 0 Å². The minimum atomic E-state index is 0.542. The number of benzene rings is 1. The molecule has 1 aromatic carbocycles. The number of rotatable bonds is 5. The smallest absolute Gasteiger partial charge is 0.0703 e. The van der Waals surface area contributed by atoms with Gasteiger partial charge in [0.25, 0.3) is 0 Å². The van der Waals surface area contributed by atoms with Gasteiger partial charge in [0, 0.05) is 18.0 Å². The highest BCUT2D eigenvalue weighted by molar-refractivity contribution is 5.81. The fourth-order valence-electron chi connectivity index (χ4n) is 2.12. The Bertz CT molecular complexity index is 487. The highest BCUT2D eigenvalue weighted by atomic mass is 15.3. The zero-order valence-corrected chi connectivity index (χ0v) is 10.9. The van der Waals surface area contributed by atoms with Crippen LogP contribution in [0.25, 0.3) is 10.9 Å². The summed E-state index contributed by atoms with van der Waals surface area (Å²) in [5, 5.41) is 9.28. The molecule has 1 unspecified atom stereocenters. The van der Waals surface area contributed by atoms with Crippen LogP contribution < -0.4 is 5.32 Å². The van der Waals surface area contributed by atoms with Crippen LogP contribution >= 0.6 is 0 Å². The molecule has 1 atom stereocenters. The molecular weight excluding hydrogens is 210 g/mol. The molecule has 2 aromatic rings. The summed E-state index contributed by atoms with van der Waals surface area (Å²) in [5.41, 5.74) is 2.48. The monoisotopic (exact) mass is 231 g/mol. The molecule has 17 heavy (non-hydrogen) atoms. The first-order chi connectivity index (χ1) is 8.26. The highest BCUT2D eigenvalue weighted by Crippen LogP contribution is 2.19. The first kappa shape index (κ1) is 12.1. The van der Waals surface area contributed by atoms with Crippen molar-refractivity contribution in [3.63, 3.8) is 0 Å². The molecule has 1 heterocycles. The Labute approximate surface area is 103 Å². The number of hydrogen-bond acceptors (Lipinski definition) is 2. The second-order valence-electron chi connectivity index (χ2n) is 4.51. The standard InChI is InChI=1S/C14H21N3/c1-4-17-14-8-6-5-7-12(14)13(16-17)10-9-11(2)15-3/h5-8,11,15H,4,9-10H2,1-3H3. The Morgan fingerprint density at radius 2 is 2.12 bits per heavy atom. The van der Waals surface area contributed by atoms with Gasteiger partial charge in [-0.1, -0.05) is 18.2 Å². The summed E-state index contributed by atoms with van der Waals surface area (Å²) in [6.45, 7) is 5.28. The summed E-state index contributed by atoms with van der Waals surface area (Å²) < 4.78 is 2.09. The highest BCUT2D eigenvalue weighted by Gasteiger charge is 2.09. The zero-order valence-electron chi connectivity index (χ0n) is 10.9. The van der Waals surface area contributed by atoms with Crippen LogP contribution in [0.1, 0.15) is 26.0 Å². The molecule has 1 aromatic heterocycles. The lowest BCUT2D eigenvalue weighted by atomic mass is 10.1. The first-order valence-electron chi connectivity index (χ1n) is 6.38. The number of nitrogens with one attached hydrogen (secondary N) is 1. The number of aryl methyl sites for hydroxylation is 2. The molecule has 0 aliphatic rings. The van der Waals surface area contributed by atoms with Gasteiger partial charge in [0.2, 0.25) is 0 Å². The maximum atomic E-state index is 4.70. The molecule has 0 bridgehead atoms. The van der Waals surface area contributed by atoms with Crippen molar-refractivity contribution >= 4 is 10.9 Å². The van der Waals surface area contributed by atoms with Crippen molar-refractivity contribution in [1.29, 1.82) is 0 Å². The maximum Gasteiger partial charge on any atom is 0.0703 e. The summed E-state index contributed by atoms with van der Waals surface area (Å²) in [7, 11) is 2.01. The number of aromatic nitrogens is 2. The molecule has 3 heteroatoms. The van der Waals surface area contributed by atoms with Gasteiger partial charge in [-0.05, 0) is 39.8 Å². The summed E-state index contributed by atoms with van der Waals surface area (Å²) in [5.74, 6) is 0. The largest absolute Gasteiger partial charge is 0.317 e. The summed E-state index contributed by atoms with van der Waals surface area (Å²) in [6, 6.07) is 9.04. The topological polar surface area (TPSA) is 29.9 Å². The van der Waals surface area contributed by atoms with E-state index in [9.17, 15) is 0 Å². The third-order valence-electron chi connectivity index (χ3n) is 3.34. The Hall–Kier alpha value is -1.35. The van der Waals surface area contributed by atoms with E-state index in [1.807, 2.05) is 7.05 Å². The minimum absolute atomic E-state index is 0.542. The quantitative estimate of drug-likeness (QED) is 0.857. The van der Waals surface area contributed by atoms with E-state index in [2.05, 4.69) is 48.1 Å². The predicted molar refractivity (Wildman–Crippen MR) is 72.2 cm³/mol. The molecule has 0 spiro atoms. The Balaban J connectivity index is 2.28. The van der Waals surface area contributed by atoms with Crippen molar-refractivity contribution in [2.45, 2.75) is 39.3 Å². The second kappa shape index (κ2) is 5.32. The van der Waals surface area contributed by atoms with E-state index < -0.39 is 0 Å². The third kappa shape index (κ3) is 2.50. The van der Waals surface area contributed by atoms with E-state index >= 15 is 0 Å². The van der Waals surface area contributed by atoms with Crippen LogP contribution in [0.3, 0.4) is 0 Å². The number of hydrogen-bond donors (Lipinski definition) is 1. The lowest BCUT2D eigenvalue weighted by molar-refractivity contribution is 0.556. The molecule has 0 aliphatic heterocycles. The summed E-state index contributed by atoms with van der Waals surface area (Å²) >= 11 is 0. The van der Waals surface area contributed by atoms with E-state index in [4.69, 9.17) is 5.10 Å². The predicted octanol–water partition coefficient (Wildman–Crippen LogP) is 2.60. The fraction of sp³-hybridized carbons (Fsp3) is 0.500. The molecular formula is C14H21N3. The first-order valence-corrected chi connectivity index (χ1v) is 6.38. The van der Waals surface area contributed by atoms with Gasteiger partial charge < -0.3 is 5.32 Å². The van der Waals surface area contributed by atoms with Gasteiger partial charge in [-0.3, -0.25) is 4.68 Å². The van der Waals surface area contributed by atoms with E-state index in [0.717, 1.165) is 19.4 Å². The SMILES string of the molecule is CCn1nc(CCC(C)NC)c2ccccc21. The van der Waals surface area contributed by atoms with Gasteiger partial charge >= 0.3 is 0 Å². The number of nitrogens with zero attached hydrogens (tertiary/aromatic N) is 2. The van der Waals surface area contributed by atoms with Crippen molar-refractivity contribution in [1.82, 2.24) is 15.1 Å². The van der Waals surface area contributed by atoms with Crippen LogP contribution in [0, 0.1) is 0 Å². The molecule has 0 saturated heterocycles. The molecule has 2 rings (SSSR count). The molecule has 0 amide bonds. The van der Waals surface area contributed by atoms with Crippen molar-refractivity contribution in [2.24, 2.45) is 0 Å². The van der Waals surface area contributed by atoms with E-state index in [0.29, 0.717) is 6.04 Å². The normalized spacial score (nSPS) is 13.1. The molecule has 0 aliphatic carbocycles. The van der Waals surface area contributed by atoms with E-state index in [-0.39, 0.29) is 0 Å². The van der Waals surface area contributed by atoms with Crippen LogP contribution in [0.2, 0.25) is 0 Å². The van der Waals surface area contributed by atoms with Crippen LogP contribution in [0.4, 0.5) is 0 Å².